The fraction of sp³-hybridized carbons (Fsp3) is 0.267. The lowest BCUT2D eigenvalue weighted by Gasteiger charge is -2.07. The van der Waals surface area contributed by atoms with Gasteiger partial charge >= 0.3 is 5.97 Å². The Bertz CT molecular complexity index is 669. The summed E-state index contributed by atoms with van der Waals surface area (Å²) in [6.07, 6.45) is 2.49. The van der Waals surface area contributed by atoms with Gasteiger partial charge in [-0.2, -0.15) is 0 Å². The number of benzene rings is 1. The van der Waals surface area contributed by atoms with Crippen molar-refractivity contribution in [2.75, 3.05) is 0 Å². The van der Waals surface area contributed by atoms with Crippen molar-refractivity contribution in [2.45, 2.75) is 30.4 Å². The van der Waals surface area contributed by atoms with Crippen molar-refractivity contribution >= 4 is 16.8 Å². The zero-order chi connectivity index (χ0) is 15.4. The Morgan fingerprint density at radius 3 is 2.52 bits per heavy atom. The summed E-state index contributed by atoms with van der Waals surface area (Å²) >= 11 is 0. The summed E-state index contributed by atoms with van der Waals surface area (Å²) in [7, 11) is -1.34. The Balaban J connectivity index is 2.20. The molecule has 1 atom stereocenters. The molecule has 110 valence electrons. The summed E-state index contributed by atoms with van der Waals surface area (Å²) in [5, 5.41) is 9.07. The second-order valence-electron chi connectivity index (χ2n) is 4.90. The van der Waals surface area contributed by atoms with E-state index >= 15 is 0 Å². The standard InChI is InChI=1S/C15H16N2O3S/c1-10(2)11-3-5-12(6-4-11)21(20)8-14-13(15(18)19)7-16-9-17-14/h3-7,9-10H,8H2,1-2H3,(H,18,19). The maximum Gasteiger partial charge on any atom is 0.339 e. The second-order valence-corrected chi connectivity index (χ2v) is 6.35. The van der Waals surface area contributed by atoms with E-state index in [-0.39, 0.29) is 17.0 Å². The van der Waals surface area contributed by atoms with E-state index in [2.05, 4.69) is 23.8 Å². The molecule has 0 saturated heterocycles. The van der Waals surface area contributed by atoms with Crippen LogP contribution >= 0.6 is 0 Å². The first-order valence-electron chi connectivity index (χ1n) is 6.49. The molecule has 0 amide bonds. The molecule has 0 saturated carbocycles. The maximum absolute atomic E-state index is 12.3. The van der Waals surface area contributed by atoms with Crippen molar-refractivity contribution in [3.63, 3.8) is 0 Å². The van der Waals surface area contributed by atoms with Crippen LogP contribution in [0.15, 0.2) is 41.7 Å². The molecule has 0 aliphatic carbocycles. The van der Waals surface area contributed by atoms with Crippen molar-refractivity contribution < 1.29 is 14.1 Å². The normalized spacial score (nSPS) is 12.3. The van der Waals surface area contributed by atoms with Gasteiger partial charge in [0.25, 0.3) is 0 Å². The van der Waals surface area contributed by atoms with Gasteiger partial charge in [-0.05, 0) is 23.6 Å². The monoisotopic (exact) mass is 304 g/mol. The number of carboxylic acids is 1. The van der Waals surface area contributed by atoms with Crippen LogP contribution in [-0.4, -0.2) is 25.3 Å². The molecule has 6 heteroatoms. The van der Waals surface area contributed by atoms with Crippen LogP contribution in [0.25, 0.3) is 0 Å². The molecule has 0 spiro atoms. The molecule has 1 heterocycles. The molecule has 2 aromatic rings. The number of carboxylic acid groups (broad SMARTS) is 1. The Morgan fingerprint density at radius 1 is 1.29 bits per heavy atom. The molecule has 1 aromatic heterocycles. The van der Waals surface area contributed by atoms with E-state index in [1.807, 2.05) is 24.3 Å². The van der Waals surface area contributed by atoms with Gasteiger partial charge in [0.15, 0.2) is 0 Å². The lowest BCUT2D eigenvalue weighted by molar-refractivity contribution is 0.0695. The number of aromatic carboxylic acids is 1. The smallest absolute Gasteiger partial charge is 0.339 e. The van der Waals surface area contributed by atoms with Crippen molar-refractivity contribution in [2.24, 2.45) is 0 Å². The van der Waals surface area contributed by atoms with E-state index in [0.29, 0.717) is 10.8 Å². The Morgan fingerprint density at radius 2 is 1.95 bits per heavy atom. The second kappa shape index (κ2) is 6.58. The van der Waals surface area contributed by atoms with Gasteiger partial charge in [-0.25, -0.2) is 14.8 Å². The molecular weight excluding hydrogens is 288 g/mol. The molecule has 2 rings (SSSR count). The van der Waals surface area contributed by atoms with Crippen LogP contribution in [0.2, 0.25) is 0 Å². The highest BCUT2D eigenvalue weighted by Gasteiger charge is 2.15. The van der Waals surface area contributed by atoms with Gasteiger partial charge in [-0.3, -0.25) is 4.21 Å². The predicted octanol–water partition coefficient (Wildman–Crippen LogP) is 2.61. The van der Waals surface area contributed by atoms with Crippen LogP contribution in [0.4, 0.5) is 0 Å². The molecule has 5 nitrogen and oxygen atoms in total. The highest BCUT2D eigenvalue weighted by molar-refractivity contribution is 7.84. The summed E-state index contributed by atoms with van der Waals surface area (Å²) < 4.78 is 12.3. The van der Waals surface area contributed by atoms with E-state index < -0.39 is 16.8 Å². The molecule has 0 aliphatic rings. The van der Waals surface area contributed by atoms with Gasteiger partial charge in [-0.15, -0.1) is 0 Å². The van der Waals surface area contributed by atoms with Gasteiger partial charge in [0.2, 0.25) is 0 Å². The highest BCUT2D eigenvalue weighted by Crippen LogP contribution is 2.18. The van der Waals surface area contributed by atoms with Crippen molar-refractivity contribution in [3.05, 3.63) is 53.6 Å². The Labute approximate surface area is 125 Å². The van der Waals surface area contributed by atoms with Gasteiger partial charge in [0.05, 0.1) is 22.2 Å². The number of hydrogen-bond acceptors (Lipinski definition) is 4. The van der Waals surface area contributed by atoms with E-state index in [0.717, 1.165) is 0 Å². The first-order chi connectivity index (χ1) is 9.99. The average Bonchev–Trinajstić information content (AvgIpc) is 2.47. The highest BCUT2D eigenvalue weighted by atomic mass is 32.2. The molecule has 1 N–H and O–H groups in total. The van der Waals surface area contributed by atoms with E-state index in [4.69, 9.17) is 5.11 Å². The van der Waals surface area contributed by atoms with Crippen LogP contribution in [0.1, 0.15) is 41.4 Å². The minimum atomic E-state index is -1.34. The number of rotatable bonds is 5. The molecule has 1 aromatic carbocycles. The van der Waals surface area contributed by atoms with E-state index in [1.54, 1.807) is 0 Å². The van der Waals surface area contributed by atoms with Crippen LogP contribution in [0, 0.1) is 0 Å². The molecule has 1 unspecified atom stereocenters. The SMILES string of the molecule is CC(C)c1ccc(S(=O)Cc2ncncc2C(=O)O)cc1. The zero-order valence-electron chi connectivity index (χ0n) is 11.8. The molecule has 21 heavy (non-hydrogen) atoms. The number of hydrogen-bond donors (Lipinski definition) is 1. The number of nitrogens with zero attached hydrogens (tertiary/aromatic N) is 2. The average molecular weight is 304 g/mol. The van der Waals surface area contributed by atoms with Gasteiger partial charge in [0.1, 0.15) is 11.9 Å². The van der Waals surface area contributed by atoms with Crippen LogP contribution in [0.5, 0.6) is 0 Å². The van der Waals surface area contributed by atoms with Crippen molar-refractivity contribution in [1.82, 2.24) is 9.97 Å². The quantitative estimate of drug-likeness (QED) is 0.918. The Hall–Kier alpha value is -2.08. The van der Waals surface area contributed by atoms with Crippen molar-refractivity contribution in [3.8, 4) is 0 Å². The molecule has 0 fully saturated rings. The summed E-state index contributed by atoms with van der Waals surface area (Å²) in [4.78, 5) is 19.4. The Kier molecular flexibility index (Phi) is 4.80. The van der Waals surface area contributed by atoms with E-state index in [1.165, 1.54) is 18.1 Å². The summed E-state index contributed by atoms with van der Waals surface area (Å²) in [5.41, 5.74) is 1.44. The zero-order valence-corrected chi connectivity index (χ0v) is 12.6. The molecule has 0 bridgehead atoms. The van der Waals surface area contributed by atoms with Gasteiger partial charge < -0.3 is 5.11 Å². The maximum atomic E-state index is 12.3. The number of carbonyl (C=O) groups is 1. The lowest BCUT2D eigenvalue weighted by Crippen LogP contribution is -2.08. The molecular formula is C15H16N2O3S. The molecule has 0 aliphatic heterocycles. The summed E-state index contributed by atoms with van der Waals surface area (Å²) in [5.74, 6) is -0.642. The van der Waals surface area contributed by atoms with Crippen LogP contribution in [-0.2, 0) is 16.6 Å². The minimum Gasteiger partial charge on any atom is -0.478 e. The lowest BCUT2D eigenvalue weighted by atomic mass is 10.0. The fourth-order valence-corrected chi connectivity index (χ4v) is 2.95. The van der Waals surface area contributed by atoms with Gasteiger partial charge in [0, 0.05) is 11.1 Å². The van der Waals surface area contributed by atoms with E-state index in [9.17, 15) is 9.00 Å². The minimum absolute atomic E-state index is 0.00958. The summed E-state index contributed by atoms with van der Waals surface area (Å²) in [6.45, 7) is 4.18. The first-order valence-corrected chi connectivity index (χ1v) is 7.81. The summed E-state index contributed by atoms with van der Waals surface area (Å²) in [6, 6.07) is 7.51. The number of aromatic nitrogens is 2. The van der Waals surface area contributed by atoms with Crippen LogP contribution < -0.4 is 0 Å². The van der Waals surface area contributed by atoms with Crippen LogP contribution in [0.3, 0.4) is 0 Å². The topological polar surface area (TPSA) is 80.2 Å². The first kappa shape index (κ1) is 15.3. The predicted molar refractivity (Wildman–Crippen MR) is 79.6 cm³/mol. The van der Waals surface area contributed by atoms with Gasteiger partial charge in [-0.1, -0.05) is 26.0 Å². The molecule has 0 radical (unpaired) electrons. The third-order valence-corrected chi connectivity index (χ3v) is 4.44. The third-order valence-electron chi connectivity index (χ3n) is 3.10. The largest absolute Gasteiger partial charge is 0.478 e. The van der Waals surface area contributed by atoms with Crippen molar-refractivity contribution in [1.29, 1.82) is 0 Å². The third kappa shape index (κ3) is 3.72. The fourth-order valence-electron chi connectivity index (χ4n) is 1.86.